The van der Waals surface area contributed by atoms with Crippen molar-refractivity contribution in [2.24, 2.45) is 0 Å². The average Bonchev–Trinajstić information content (AvgIpc) is 1.04. The molecule has 0 aliphatic carbocycles. The lowest BCUT2D eigenvalue weighted by Gasteiger charge is -2.15. The second kappa shape index (κ2) is 37.1. The van der Waals surface area contributed by atoms with E-state index in [1.54, 1.807) is 54.9 Å². The first-order valence-electron chi connectivity index (χ1n) is 35.1. The van der Waals surface area contributed by atoms with Crippen molar-refractivity contribution in [2.45, 2.75) is 99.8 Å². The van der Waals surface area contributed by atoms with Crippen molar-refractivity contribution in [3.05, 3.63) is 264 Å². The van der Waals surface area contributed by atoms with Gasteiger partial charge in [0.25, 0.3) is 0 Å². The molecule has 0 amide bonds. The number of benzene rings is 6. The van der Waals surface area contributed by atoms with Gasteiger partial charge in [-0.1, -0.05) is 176 Å². The quantitative estimate of drug-likeness (QED) is 0.0223. The van der Waals surface area contributed by atoms with Gasteiger partial charge in [0, 0.05) is 44.4 Å². The Hall–Kier alpha value is -10.9. The Bertz CT molecular complexity index is 4520. The highest BCUT2D eigenvalue weighted by Gasteiger charge is 2.17. The topological polar surface area (TPSA) is 126 Å². The number of hydrogen-bond donors (Lipinski definition) is 0. The van der Waals surface area contributed by atoms with Gasteiger partial charge in [-0.15, -0.1) is 11.3 Å². The highest BCUT2D eigenvalue weighted by Crippen LogP contribution is 2.37. The van der Waals surface area contributed by atoms with Crippen molar-refractivity contribution < 1.29 is 28.5 Å². The van der Waals surface area contributed by atoms with Crippen LogP contribution in [0.3, 0.4) is 0 Å². The number of rotatable bonds is 33. The molecule has 0 aliphatic heterocycles. The van der Waals surface area contributed by atoms with Gasteiger partial charge in [0.2, 0.25) is 0 Å². The zero-order valence-electron chi connectivity index (χ0n) is 58.5. The van der Waals surface area contributed by atoms with Crippen LogP contribution in [0.25, 0.3) is 106 Å². The molecular formula is C89H88N4O6S. The number of carbonyl (C=O) groups is 1. The largest absolute Gasteiger partial charge is 0.493 e. The number of aryl methyl sites for hydroxylation is 2. The predicted octanol–water partition coefficient (Wildman–Crippen LogP) is 23.1. The van der Waals surface area contributed by atoms with Crippen LogP contribution in [-0.4, -0.2) is 54.0 Å². The molecule has 0 spiro atoms. The minimum Gasteiger partial charge on any atom is -0.493 e. The number of pyridine rings is 3. The maximum absolute atomic E-state index is 12.3. The summed E-state index contributed by atoms with van der Waals surface area (Å²) >= 11 is 1.68. The van der Waals surface area contributed by atoms with E-state index in [2.05, 4.69) is 215 Å². The Morgan fingerprint density at radius 3 is 1.23 bits per heavy atom. The fourth-order valence-electron chi connectivity index (χ4n) is 11.3. The van der Waals surface area contributed by atoms with Crippen LogP contribution in [0.4, 0.5) is 0 Å². The summed E-state index contributed by atoms with van der Waals surface area (Å²) in [6, 6.07) is 59.8. The Kier molecular flexibility index (Phi) is 26.7. The second-order valence-electron chi connectivity index (χ2n) is 24.2. The van der Waals surface area contributed by atoms with Crippen molar-refractivity contribution in [2.75, 3.05) is 33.0 Å². The molecule has 4 heterocycles. The molecule has 0 saturated heterocycles. The minimum atomic E-state index is -0.403. The van der Waals surface area contributed by atoms with E-state index in [1.807, 2.05) is 54.6 Å². The van der Waals surface area contributed by atoms with Gasteiger partial charge in [0.15, 0.2) is 0 Å². The van der Waals surface area contributed by atoms with Gasteiger partial charge >= 0.3 is 5.97 Å². The second-order valence-corrected chi connectivity index (χ2v) is 25.4. The van der Waals surface area contributed by atoms with E-state index < -0.39 is 5.97 Å². The average molecular weight is 1340 g/mol. The van der Waals surface area contributed by atoms with Crippen LogP contribution in [0.1, 0.15) is 174 Å². The summed E-state index contributed by atoms with van der Waals surface area (Å²) in [5.41, 5.74) is 18.9. The van der Waals surface area contributed by atoms with E-state index in [9.17, 15) is 10.1 Å². The maximum atomic E-state index is 12.3. The van der Waals surface area contributed by atoms with E-state index in [4.69, 9.17) is 28.7 Å². The summed E-state index contributed by atoms with van der Waals surface area (Å²) in [5, 5.41) is 10.3. The molecule has 10 nitrogen and oxygen atoms in total. The molecule has 506 valence electrons. The molecule has 0 bridgehead atoms. The Labute approximate surface area is 595 Å². The smallest absolute Gasteiger partial charge is 0.338 e. The first-order valence-corrected chi connectivity index (χ1v) is 35.9. The number of esters is 1. The summed E-state index contributed by atoms with van der Waals surface area (Å²) in [4.78, 5) is 28.7. The monoisotopic (exact) mass is 1340 g/mol. The van der Waals surface area contributed by atoms with E-state index in [0.29, 0.717) is 54.6 Å². The minimum absolute atomic E-state index is 0.283. The molecule has 4 aromatic heterocycles. The highest BCUT2D eigenvalue weighted by atomic mass is 32.1. The molecule has 100 heavy (non-hydrogen) atoms. The number of nitriles is 1. The van der Waals surface area contributed by atoms with Crippen LogP contribution >= 0.6 is 11.3 Å². The van der Waals surface area contributed by atoms with E-state index in [-0.39, 0.29) is 6.61 Å². The number of ether oxygens (including phenoxy) is 5. The Morgan fingerprint density at radius 1 is 0.410 bits per heavy atom. The summed E-state index contributed by atoms with van der Waals surface area (Å²) in [6.45, 7) is 17.1. The fourth-order valence-corrected chi connectivity index (χ4v) is 12.1. The van der Waals surface area contributed by atoms with Crippen LogP contribution in [-0.2, 0) is 17.6 Å². The van der Waals surface area contributed by atoms with Gasteiger partial charge in [-0.2, -0.15) is 5.26 Å². The number of allylic oxidation sites excluding steroid dienone is 1. The number of nitrogens with zero attached hydrogens (tertiary/aromatic N) is 4. The Balaban J connectivity index is 0.832. The predicted molar refractivity (Wildman–Crippen MR) is 418 cm³/mol. The van der Waals surface area contributed by atoms with Crippen LogP contribution in [0.2, 0.25) is 0 Å². The molecular weight excluding hydrogens is 1250 g/mol. The lowest BCUT2D eigenvalue weighted by Crippen LogP contribution is -2.04. The molecule has 11 heteroatoms. The fraction of sp³-hybridized carbons (Fsp3) is 0.225. The first-order chi connectivity index (χ1) is 49.1. The summed E-state index contributed by atoms with van der Waals surface area (Å²) < 4.78 is 30.7. The molecule has 0 saturated carbocycles. The summed E-state index contributed by atoms with van der Waals surface area (Å²) in [7, 11) is 0. The lowest BCUT2D eigenvalue weighted by atomic mass is 9.92. The van der Waals surface area contributed by atoms with Gasteiger partial charge in [-0.3, -0.25) is 9.97 Å². The molecule has 0 aliphatic rings. The molecule has 0 fully saturated rings. The number of hydrogen-bond acceptors (Lipinski definition) is 11. The zero-order chi connectivity index (χ0) is 69.8. The van der Waals surface area contributed by atoms with Crippen molar-refractivity contribution in [3.8, 4) is 63.0 Å². The van der Waals surface area contributed by atoms with Crippen molar-refractivity contribution in [3.63, 3.8) is 0 Å². The number of aromatic nitrogens is 3. The maximum Gasteiger partial charge on any atom is 0.338 e. The van der Waals surface area contributed by atoms with E-state index >= 15 is 0 Å². The number of carbonyl (C=O) groups excluding carboxylic acids is 1. The molecule has 0 radical (unpaired) electrons. The van der Waals surface area contributed by atoms with Crippen molar-refractivity contribution >= 4 is 89.7 Å². The molecule has 10 aromatic rings. The van der Waals surface area contributed by atoms with Gasteiger partial charge in [-0.25, -0.2) is 9.78 Å². The third-order valence-electron chi connectivity index (χ3n) is 16.4. The summed E-state index contributed by atoms with van der Waals surface area (Å²) in [5.74, 6) is 2.51. The van der Waals surface area contributed by atoms with Gasteiger partial charge in [-0.05, 0) is 216 Å². The van der Waals surface area contributed by atoms with Crippen molar-refractivity contribution in [1.82, 2.24) is 15.0 Å². The summed E-state index contributed by atoms with van der Waals surface area (Å²) in [6.07, 6.45) is 34.5. The standard InChI is InChI=1S/C89H88N4O6S/c1-8-19-69-54-72(35-30-65-27-32-66(33-28-65)76-56-83(81-21-15-17-47-91-81)93-84(57-76)82-22-16-18-48-92-82)70(20-9-2)53-71(69)34-29-63-23-25-64(26-24-63)31-36-73-58-86(97-50-11-4)74(59-85(73)96-49-10-3)41-43-79-45-46-80(100-79)44-42-75-60-88(99-52-13-6)77(61-87(75)98-51-12-5)55-78(62-90)67-37-39-68(40-38-67)89(94)95-14-7/h15-18,21-48,53-61H,8-14,19-20,49-52H2,1-7H3/b34-29+,35-30+,36-31+,43-41+,44-42+,78-55+. The van der Waals surface area contributed by atoms with E-state index in [1.165, 1.54) is 22.3 Å². The molecule has 0 N–H and O–H groups in total. The van der Waals surface area contributed by atoms with Crippen LogP contribution < -0.4 is 18.9 Å². The van der Waals surface area contributed by atoms with Crippen LogP contribution in [0.5, 0.6) is 23.0 Å². The number of thiophene rings is 1. The Morgan fingerprint density at radius 2 is 0.820 bits per heavy atom. The van der Waals surface area contributed by atoms with Crippen molar-refractivity contribution in [1.29, 1.82) is 5.26 Å². The SMILES string of the molecule is CCCOc1cc(/C=C/c2ccc(/C=C/c3cc(OCCC)c(/C=C/c4ccc(/C=C/c5cc(CCC)c(/C=C/c6ccc(-c7cc(-c8ccccn8)nc(-c8ccccn8)c7)cc6)cc5CCC)cc4)cc3OCCC)s2)c(OCCC)cc1/C=C(\C#N)c1ccc(C(=O)OCC)cc1. The van der Waals surface area contributed by atoms with Crippen LogP contribution in [0.15, 0.2) is 182 Å². The van der Waals surface area contributed by atoms with Gasteiger partial charge < -0.3 is 23.7 Å². The molecule has 10 rings (SSSR count). The third kappa shape index (κ3) is 19.9. The highest BCUT2D eigenvalue weighted by molar-refractivity contribution is 7.13. The zero-order valence-corrected chi connectivity index (χ0v) is 59.3. The van der Waals surface area contributed by atoms with Gasteiger partial charge in [0.1, 0.15) is 23.0 Å². The van der Waals surface area contributed by atoms with Gasteiger partial charge in [0.05, 0.1) is 73.0 Å². The lowest BCUT2D eigenvalue weighted by molar-refractivity contribution is 0.0526. The van der Waals surface area contributed by atoms with E-state index in [0.717, 1.165) is 145 Å². The third-order valence-corrected chi connectivity index (χ3v) is 17.4. The molecule has 0 unspecified atom stereocenters. The normalized spacial score (nSPS) is 11.8. The first kappa shape index (κ1) is 71.8. The molecule has 6 aromatic carbocycles. The van der Waals surface area contributed by atoms with Crippen LogP contribution in [0, 0.1) is 11.3 Å². The molecule has 0 atom stereocenters.